The van der Waals surface area contributed by atoms with Gasteiger partial charge in [0.1, 0.15) is 0 Å². The third kappa shape index (κ3) is 3.79. The molecule has 5 nitrogen and oxygen atoms in total. The number of carboxylic acids is 1. The zero-order valence-corrected chi connectivity index (χ0v) is 15.0. The molecule has 0 saturated heterocycles. The molecule has 0 radical (unpaired) electrons. The van der Waals surface area contributed by atoms with Crippen LogP contribution in [-0.2, 0) is 9.59 Å². The van der Waals surface area contributed by atoms with Gasteiger partial charge in [-0.05, 0) is 26.7 Å². The van der Waals surface area contributed by atoms with Gasteiger partial charge in [-0.1, -0.05) is 42.0 Å². The number of aliphatic carboxylic acids is 1. The summed E-state index contributed by atoms with van der Waals surface area (Å²) in [5.74, 6) is -2.45. The first-order chi connectivity index (χ1) is 12.0. The molecule has 0 spiro atoms. The van der Waals surface area contributed by atoms with Crippen molar-refractivity contribution in [1.29, 1.82) is 0 Å². The van der Waals surface area contributed by atoms with E-state index in [4.69, 9.17) is 0 Å². The van der Waals surface area contributed by atoms with Gasteiger partial charge in [-0.25, -0.2) is 4.98 Å². The topological polar surface area (TPSA) is 79.3 Å². The summed E-state index contributed by atoms with van der Waals surface area (Å²) in [5.41, 5.74) is 3.03. The fourth-order valence-electron chi connectivity index (χ4n) is 3.00. The van der Waals surface area contributed by atoms with Crippen molar-refractivity contribution < 1.29 is 14.7 Å². The van der Waals surface area contributed by atoms with Crippen LogP contribution in [0.15, 0.2) is 36.4 Å². The van der Waals surface area contributed by atoms with E-state index in [9.17, 15) is 14.7 Å². The normalized spacial score (nSPS) is 19.6. The van der Waals surface area contributed by atoms with Crippen LogP contribution in [-0.4, -0.2) is 22.0 Å². The largest absolute Gasteiger partial charge is 0.481 e. The zero-order chi connectivity index (χ0) is 18.0. The van der Waals surface area contributed by atoms with Gasteiger partial charge in [0.2, 0.25) is 5.91 Å². The molecule has 1 aliphatic rings. The smallest absolute Gasteiger partial charge is 0.307 e. The molecule has 1 amide bonds. The van der Waals surface area contributed by atoms with Crippen molar-refractivity contribution in [3.63, 3.8) is 0 Å². The summed E-state index contributed by atoms with van der Waals surface area (Å²) in [6.45, 7) is 3.99. The second-order valence-corrected chi connectivity index (χ2v) is 7.48. The molecule has 25 heavy (non-hydrogen) atoms. The molecule has 1 aliphatic carbocycles. The number of aromatic nitrogens is 1. The zero-order valence-electron chi connectivity index (χ0n) is 14.2. The van der Waals surface area contributed by atoms with Gasteiger partial charge < -0.3 is 10.4 Å². The van der Waals surface area contributed by atoms with E-state index in [0.29, 0.717) is 18.0 Å². The lowest BCUT2D eigenvalue weighted by molar-refractivity contribution is -0.146. The predicted molar refractivity (Wildman–Crippen MR) is 98.6 cm³/mol. The van der Waals surface area contributed by atoms with E-state index in [1.54, 1.807) is 0 Å². The molecule has 2 unspecified atom stereocenters. The third-order valence-corrected chi connectivity index (χ3v) is 5.32. The number of thiazole rings is 1. The van der Waals surface area contributed by atoms with Gasteiger partial charge in [0.05, 0.1) is 17.5 Å². The van der Waals surface area contributed by atoms with Crippen molar-refractivity contribution in [3.05, 3.63) is 46.9 Å². The number of hydrogen-bond donors (Lipinski definition) is 2. The summed E-state index contributed by atoms with van der Waals surface area (Å²) in [6.07, 6.45) is 4.52. The number of aryl methyl sites for hydroxylation is 2. The molecule has 1 heterocycles. The molecule has 0 fully saturated rings. The molecule has 1 aromatic heterocycles. The molecular formula is C19H20N2O3S. The number of benzene rings is 1. The van der Waals surface area contributed by atoms with Crippen LogP contribution in [0.4, 0.5) is 5.13 Å². The Bertz CT molecular complexity index is 824. The highest BCUT2D eigenvalue weighted by Crippen LogP contribution is 2.32. The Morgan fingerprint density at radius 1 is 1.12 bits per heavy atom. The summed E-state index contributed by atoms with van der Waals surface area (Å²) in [5, 5.41) is 12.6. The fourth-order valence-corrected chi connectivity index (χ4v) is 3.84. The lowest BCUT2D eigenvalue weighted by atomic mass is 9.82. The van der Waals surface area contributed by atoms with E-state index < -0.39 is 17.8 Å². The highest BCUT2D eigenvalue weighted by Gasteiger charge is 2.34. The number of amides is 1. The Balaban J connectivity index is 1.78. The molecule has 130 valence electrons. The van der Waals surface area contributed by atoms with Crippen LogP contribution in [0.1, 0.15) is 23.3 Å². The first-order valence-corrected chi connectivity index (χ1v) is 9.00. The summed E-state index contributed by atoms with van der Waals surface area (Å²) in [4.78, 5) is 29.5. The van der Waals surface area contributed by atoms with Crippen molar-refractivity contribution >= 4 is 28.3 Å². The molecule has 2 N–H and O–H groups in total. The minimum atomic E-state index is -0.930. The minimum absolute atomic E-state index is 0.277. The summed E-state index contributed by atoms with van der Waals surface area (Å²) in [7, 11) is 0. The van der Waals surface area contributed by atoms with Crippen LogP contribution < -0.4 is 5.32 Å². The number of carbonyl (C=O) groups is 2. The van der Waals surface area contributed by atoms with Gasteiger partial charge in [0.15, 0.2) is 5.13 Å². The van der Waals surface area contributed by atoms with Gasteiger partial charge in [0, 0.05) is 10.4 Å². The summed E-state index contributed by atoms with van der Waals surface area (Å²) >= 11 is 1.41. The van der Waals surface area contributed by atoms with Crippen LogP contribution in [0.2, 0.25) is 0 Å². The average Bonchev–Trinajstić information content (AvgIpc) is 2.95. The van der Waals surface area contributed by atoms with Crippen molar-refractivity contribution in [3.8, 4) is 11.3 Å². The van der Waals surface area contributed by atoms with Gasteiger partial charge in [0.25, 0.3) is 0 Å². The van der Waals surface area contributed by atoms with Crippen LogP contribution >= 0.6 is 11.3 Å². The Hall–Kier alpha value is -2.47. The van der Waals surface area contributed by atoms with E-state index in [0.717, 1.165) is 16.1 Å². The van der Waals surface area contributed by atoms with Crippen molar-refractivity contribution in [1.82, 2.24) is 4.98 Å². The average molecular weight is 356 g/mol. The monoisotopic (exact) mass is 356 g/mol. The maximum absolute atomic E-state index is 12.5. The molecule has 3 rings (SSSR count). The first-order valence-electron chi connectivity index (χ1n) is 8.19. The number of rotatable bonds is 4. The number of nitrogens with one attached hydrogen (secondary N) is 1. The Morgan fingerprint density at radius 3 is 2.40 bits per heavy atom. The van der Waals surface area contributed by atoms with Crippen LogP contribution in [0.25, 0.3) is 11.3 Å². The van der Waals surface area contributed by atoms with E-state index in [-0.39, 0.29) is 5.91 Å². The van der Waals surface area contributed by atoms with Crippen LogP contribution in [0.5, 0.6) is 0 Å². The molecule has 1 aromatic carbocycles. The van der Waals surface area contributed by atoms with E-state index in [2.05, 4.69) is 10.3 Å². The SMILES string of the molecule is Cc1ccc(-c2nc(NC(=O)C3CC=CCC3C(=O)O)sc2C)cc1. The standard InChI is InChI=1S/C19H20N2O3S/c1-11-7-9-13(10-8-11)16-12(2)25-19(20-16)21-17(22)14-5-3-4-6-15(14)18(23)24/h3-4,7-10,14-15H,5-6H2,1-2H3,(H,23,24)(H,20,21,22). The first kappa shape index (κ1) is 17.4. The van der Waals surface area contributed by atoms with E-state index >= 15 is 0 Å². The number of carboxylic acid groups (broad SMARTS) is 1. The van der Waals surface area contributed by atoms with E-state index in [1.807, 2.05) is 50.3 Å². The van der Waals surface area contributed by atoms with Crippen molar-refractivity contribution in [2.24, 2.45) is 11.8 Å². The number of hydrogen-bond acceptors (Lipinski definition) is 4. The second-order valence-electron chi connectivity index (χ2n) is 6.27. The maximum atomic E-state index is 12.5. The highest BCUT2D eigenvalue weighted by molar-refractivity contribution is 7.16. The predicted octanol–water partition coefficient (Wildman–Crippen LogP) is 4.03. The molecule has 2 atom stereocenters. The molecule has 0 bridgehead atoms. The second kappa shape index (κ2) is 7.19. The maximum Gasteiger partial charge on any atom is 0.307 e. The quantitative estimate of drug-likeness (QED) is 0.811. The summed E-state index contributed by atoms with van der Waals surface area (Å²) in [6, 6.07) is 8.07. The van der Waals surface area contributed by atoms with Gasteiger partial charge >= 0.3 is 5.97 Å². The number of carbonyl (C=O) groups excluding carboxylic acids is 1. The molecule has 0 aliphatic heterocycles. The van der Waals surface area contributed by atoms with E-state index in [1.165, 1.54) is 16.9 Å². The minimum Gasteiger partial charge on any atom is -0.481 e. The van der Waals surface area contributed by atoms with Crippen molar-refractivity contribution in [2.75, 3.05) is 5.32 Å². The van der Waals surface area contributed by atoms with Crippen molar-refractivity contribution in [2.45, 2.75) is 26.7 Å². The molecule has 2 aromatic rings. The molecule has 6 heteroatoms. The Kier molecular flexibility index (Phi) is 4.99. The van der Waals surface area contributed by atoms with Gasteiger partial charge in [-0.2, -0.15) is 0 Å². The van der Waals surface area contributed by atoms with Gasteiger partial charge in [-0.3, -0.25) is 9.59 Å². The number of nitrogens with zero attached hydrogens (tertiary/aromatic N) is 1. The lowest BCUT2D eigenvalue weighted by Gasteiger charge is -2.23. The summed E-state index contributed by atoms with van der Waals surface area (Å²) < 4.78 is 0. The Morgan fingerprint density at radius 2 is 1.76 bits per heavy atom. The van der Waals surface area contributed by atoms with Crippen LogP contribution in [0, 0.1) is 25.7 Å². The van der Waals surface area contributed by atoms with Crippen LogP contribution in [0.3, 0.4) is 0 Å². The molecule has 0 saturated carbocycles. The lowest BCUT2D eigenvalue weighted by Crippen LogP contribution is -2.34. The Labute approximate surface area is 150 Å². The number of allylic oxidation sites excluding steroid dienone is 2. The third-order valence-electron chi connectivity index (χ3n) is 4.44. The molecular weight excluding hydrogens is 336 g/mol. The van der Waals surface area contributed by atoms with Gasteiger partial charge in [-0.15, -0.1) is 11.3 Å². The number of anilines is 1. The highest BCUT2D eigenvalue weighted by atomic mass is 32.1. The fraction of sp³-hybridized carbons (Fsp3) is 0.316.